The summed E-state index contributed by atoms with van der Waals surface area (Å²) >= 11 is 0. The predicted molar refractivity (Wildman–Crippen MR) is 92.4 cm³/mol. The molecule has 0 amide bonds. The van der Waals surface area contributed by atoms with Crippen molar-refractivity contribution in [2.24, 2.45) is 0 Å². The SMILES string of the molecule is [2H]C([2H])([2H])OC1=C(OC)C(=O)C(CCCCCCCCCCO)=C(C([2H])([2H])[2H])C1=O. The van der Waals surface area contributed by atoms with Crippen LogP contribution in [0.4, 0.5) is 0 Å². The summed E-state index contributed by atoms with van der Waals surface area (Å²) in [6, 6.07) is 0. The maximum absolute atomic E-state index is 12.8. The van der Waals surface area contributed by atoms with Crippen LogP contribution in [0, 0.1) is 0 Å². The lowest BCUT2D eigenvalue weighted by molar-refractivity contribution is -0.121. The van der Waals surface area contributed by atoms with Crippen LogP contribution in [0.1, 0.15) is 72.9 Å². The molecule has 0 aliphatic heterocycles. The Morgan fingerprint density at radius 1 is 0.875 bits per heavy atom. The number of Topliss-reactive ketones (excluding diaryl/α,β-unsaturated/α-hetero) is 2. The van der Waals surface area contributed by atoms with E-state index in [1.807, 2.05) is 0 Å². The van der Waals surface area contributed by atoms with Crippen molar-refractivity contribution in [3.8, 4) is 0 Å². The van der Waals surface area contributed by atoms with Gasteiger partial charge in [-0.1, -0.05) is 38.5 Å². The third-order valence-electron chi connectivity index (χ3n) is 4.06. The van der Waals surface area contributed by atoms with Crippen LogP contribution in [0.5, 0.6) is 0 Å². The van der Waals surface area contributed by atoms with E-state index in [1.54, 1.807) is 0 Å². The summed E-state index contributed by atoms with van der Waals surface area (Å²) in [5, 5.41) is 8.75. The van der Waals surface area contributed by atoms with Gasteiger partial charge in [0.25, 0.3) is 0 Å². The molecule has 5 heteroatoms. The summed E-state index contributed by atoms with van der Waals surface area (Å²) < 4.78 is 54.1. The molecular formula is C19H30O5. The molecule has 136 valence electrons. The molecule has 0 radical (unpaired) electrons. The van der Waals surface area contributed by atoms with Crippen LogP contribution in [-0.4, -0.2) is 37.4 Å². The summed E-state index contributed by atoms with van der Waals surface area (Å²) in [5.74, 6) is -3.45. The molecule has 1 N–H and O–H groups in total. The van der Waals surface area contributed by atoms with E-state index in [0.29, 0.717) is 6.42 Å². The van der Waals surface area contributed by atoms with E-state index in [-0.39, 0.29) is 18.6 Å². The zero-order chi connectivity index (χ0) is 22.9. The molecule has 0 saturated carbocycles. The van der Waals surface area contributed by atoms with Crippen LogP contribution >= 0.6 is 0 Å². The normalized spacial score (nSPS) is 20.1. The number of ether oxygens (including phenoxy) is 2. The summed E-state index contributed by atoms with van der Waals surface area (Å²) in [5.41, 5.74) is -0.866. The Balaban J connectivity index is 2.88. The molecule has 0 atom stereocenters. The predicted octanol–water partition coefficient (Wildman–Crippen LogP) is 3.46. The number of aliphatic hydroxyl groups excluding tert-OH is 1. The van der Waals surface area contributed by atoms with Gasteiger partial charge in [-0.25, -0.2) is 0 Å². The molecule has 0 bridgehead atoms. The monoisotopic (exact) mass is 344 g/mol. The van der Waals surface area contributed by atoms with Crippen LogP contribution in [0.15, 0.2) is 22.7 Å². The second kappa shape index (κ2) is 11.0. The van der Waals surface area contributed by atoms with Gasteiger partial charge >= 0.3 is 0 Å². The summed E-state index contributed by atoms with van der Waals surface area (Å²) in [6.07, 6.45) is 7.09. The molecule has 1 aliphatic rings. The summed E-state index contributed by atoms with van der Waals surface area (Å²) in [7, 11) is -1.94. The second-order valence-electron chi connectivity index (χ2n) is 5.78. The van der Waals surface area contributed by atoms with Crippen molar-refractivity contribution in [1.29, 1.82) is 0 Å². The van der Waals surface area contributed by atoms with Gasteiger partial charge in [0.1, 0.15) is 0 Å². The fraction of sp³-hybridized carbons (Fsp3) is 0.684. The van der Waals surface area contributed by atoms with Crippen molar-refractivity contribution >= 4 is 11.6 Å². The van der Waals surface area contributed by atoms with Crippen molar-refractivity contribution in [3.63, 3.8) is 0 Å². The molecule has 0 unspecified atom stereocenters. The number of ketones is 2. The number of carbonyl (C=O) groups is 2. The average molecular weight is 344 g/mol. The van der Waals surface area contributed by atoms with Gasteiger partial charge in [0.2, 0.25) is 23.1 Å². The Kier molecular flexibility index (Phi) is 5.83. The maximum Gasteiger partial charge on any atom is 0.228 e. The molecule has 0 spiro atoms. The smallest absolute Gasteiger partial charge is 0.228 e. The molecule has 5 nitrogen and oxygen atoms in total. The summed E-state index contributed by atoms with van der Waals surface area (Å²) in [6.45, 7) is -2.69. The van der Waals surface area contributed by atoms with Gasteiger partial charge in [-0.15, -0.1) is 0 Å². The lowest BCUT2D eigenvalue weighted by Gasteiger charge is -2.20. The van der Waals surface area contributed by atoms with Gasteiger partial charge in [0, 0.05) is 21.9 Å². The van der Waals surface area contributed by atoms with Gasteiger partial charge in [-0.2, -0.15) is 0 Å². The minimum atomic E-state index is -3.04. The highest BCUT2D eigenvalue weighted by molar-refractivity contribution is 6.23. The zero-order valence-corrected chi connectivity index (χ0v) is 14.2. The van der Waals surface area contributed by atoms with E-state index in [9.17, 15) is 9.59 Å². The standard InChI is InChI=1S/C19H30O5/c1-14-15(12-10-8-6-4-5-7-9-11-13-20)17(22)19(24-3)18(23-2)16(14)21/h20H,4-13H2,1-3H3/i1D3,2D3. The van der Waals surface area contributed by atoms with Crippen molar-refractivity contribution in [3.05, 3.63) is 22.7 Å². The number of carbonyl (C=O) groups excluding carboxylic acids is 2. The quantitative estimate of drug-likeness (QED) is 0.433. The molecule has 1 rings (SSSR count). The molecule has 0 heterocycles. The maximum atomic E-state index is 12.8. The van der Waals surface area contributed by atoms with Gasteiger partial charge < -0.3 is 14.6 Å². The topological polar surface area (TPSA) is 72.8 Å². The van der Waals surface area contributed by atoms with Crippen LogP contribution in [0.25, 0.3) is 0 Å². The fourth-order valence-corrected chi connectivity index (χ4v) is 2.70. The fourth-order valence-electron chi connectivity index (χ4n) is 2.70. The number of hydrogen-bond donors (Lipinski definition) is 1. The molecular weight excluding hydrogens is 308 g/mol. The first-order valence-electron chi connectivity index (χ1n) is 11.3. The van der Waals surface area contributed by atoms with Crippen molar-refractivity contribution < 1.29 is 32.4 Å². The van der Waals surface area contributed by atoms with Crippen LogP contribution in [0.3, 0.4) is 0 Å². The molecule has 1 aliphatic carbocycles. The minimum absolute atomic E-state index is 0.0801. The van der Waals surface area contributed by atoms with Gasteiger partial charge in [0.15, 0.2) is 0 Å². The minimum Gasteiger partial charge on any atom is -0.489 e. The van der Waals surface area contributed by atoms with Crippen LogP contribution in [0.2, 0.25) is 0 Å². The highest BCUT2D eigenvalue weighted by Gasteiger charge is 2.34. The Morgan fingerprint density at radius 2 is 1.46 bits per heavy atom. The third-order valence-corrected chi connectivity index (χ3v) is 4.06. The Labute approximate surface area is 153 Å². The molecule has 24 heavy (non-hydrogen) atoms. The molecule has 0 aromatic heterocycles. The Morgan fingerprint density at radius 3 is 2.00 bits per heavy atom. The van der Waals surface area contributed by atoms with E-state index in [1.165, 1.54) is 0 Å². The number of hydrogen-bond acceptors (Lipinski definition) is 5. The molecule has 0 aromatic rings. The van der Waals surface area contributed by atoms with Gasteiger partial charge in [-0.05, 0) is 26.1 Å². The first-order valence-corrected chi connectivity index (χ1v) is 8.35. The van der Waals surface area contributed by atoms with E-state index in [0.717, 1.165) is 52.1 Å². The first-order chi connectivity index (χ1) is 13.9. The largest absolute Gasteiger partial charge is 0.489 e. The zero-order valence-electron chi connectivity index (χ0n) is 20.2. The highest BCUT2D eigenvalue weighted by atomic mass is 16.5. The first kappa shape index (κ1) is 12.7. The van der Waals surface area contributed by atoms with Crippen molar-refractivity contribution in [2.75, 3.05) is 20.8 Å². The van der Waals surface area contributed by atoms with E-state index < -0.39 is 42.5 Å². The number of allylic oxidation sites excluding steroid dienone is 2. The molecule has 0 fully saturated rings. The van der Waals surface area contributed by atoms with E-state index in [2.05, 4.69) is 4.74 Å². The molecule has 0 aromatic carbocycles. The third kappa shape index (κ3) is 5.48. The lowest BCUT2D eigenvalue weighted by Crippen LogP contribution is -2.25. The Hall–Kier alpha value is -1.62. The van der Waals surface area contributed by atoms with Crippen LogP contribution in [-0.2, 0) is 19.1 Å². The van der Waals surface area contributed by atoms with E-state index in [4.69, 9.17) is 18.1 Å². The number of aliphatic hydroxyl groups is 1. The lowest BCUT2D eigenvalue weighted by atomic mass is 9.89. The highest BCUT2D eigenvalue weighted by Crippen LogP contribution is 2.28. The van der Waals surface area contributed by atoms with Crippen LogP contribution < -0.4 is 0 Å². The van der Waals surface area contributed by atoms with Crippen molar-refractivity contribution in [2.45, 2.75) is 64.6 Å². The van der Waals surface area contributed by atoms with E-state index >= 15 is 0 Å². The number of methoxy groups -OCH3 is 2. The average Bonchev–Trinajstić information content (AvgIpc) is 2.62. The van der Waals surface area contributed by atoms with Gasteiger partial charge in [0.05, 0.1) is 18.3 Å². The number of unbranched alkanes of at least 4 members (excludes halogenated alkanes) is 7. The summed E-state index contributed by atoms with van der Waals surface area (Å²) in [4.78, 5) is 25.5. The Bertz CT molecular complexity index is 676. The van der Waals surface area contributed by atoms with Gasteiger partial charge in [-0.3, -0.25) is 9.59 Å². The van der Waals surface area contributed by atoms with Crippen molar-refractivity contribution in [1.82, 2.24) is 0 Å². The number of rotatable bonds is 12. The second-order valence-corrected chi connectivity index (χ2v) is 5.78. The molecule has 0 saturated heterocycles.